The van der Waals surface area contributed by atoms with E-state index < -0.39 is 6.10 Å². The summed E-state index contributed by atoms with van der Waals surface area (Å²) in [6.45, 7) is 6.56. The Labute approximate surface area is 390 Å². The average molecular weight is 881 g/mol. The minimum absolute atomic E-state index is 0.0888. The average Bonchev–Trinajstić information content (AvgIpc) is 3.28. The Morgan fingerprint density at radius 2 is 0.571 bits per heavy atom. The number of ether oxygens (including phenoxy) is 3. The summed E-state index contributed by atoms with van der Waals surface area (Å²) in [6.07, 6.45) is 63.4. The molecule has 0 aliphatic carbocycles. The van der Waals surface area contributed by atoms with E-state index in [1.807, 2.05) is 0 Å². The molecule has 0 amide bonds. The van der Waals surface area contributed by atoms with E-state index in [1.54, 1.807) is 0 Å². The Morgan fingerprint density at radius 3 is 0.952 bits per heavy atom. The quantitative estimate of drug-likeness (QED) is 0.0262. The summed E-state index contributed by atoms with van der Waals surface area (Å²) in [6, 6.07) is 0. The number of hydrogen-bond donors (Lipinski definition) is 0. The molecule has 0 spiro atoms. The van der Waals surface area contributed by atoms with E-state index in [0.29, 0.717) is 19.3 Å². The van der Waals surface area contributed by atoms with E-state index in [-0.39, 0.29) is 31.1 Å². The maximum Gasteiger partial charge on any atom is 0.306 e. The van der Waals surface area contributed by atoms with E-state index in [0.717, 1.165) is 103 Å². The molecule has 0 rings (SSSR count). The van der Waals surface area contributed by atoms with Crippen LogP contribution in [0.1, 0.15) is 265 Å². The van der Waals surface area contributed by atoms with Crippen molar-refractivity contribution in [2.75, 3.05) is 13.2 Å². The fraction of sp³-hybridized carbons (Fsp3) is 0.772. The highest BCUT2D eigenvalue weighted by Gasteiger charge is 2.19. The molecule has 0 aromatic heterocycles. The molecule has 6 nitrogen and oxygen atoms in total. The first-order valence-corrected chi connectivity index (χ1v) is 26.8. The van der Waals surface area contributed by atoms with Crippen LogP contribution in [-0.4, -0.2) is 37.2 Å². The predicted molar refractivity (Wildman–Crippen MR) is 270 cm³/mol. The fourth-order valence-electron chi connectivity index (χ4n) is 7.38. The van der Waals surface area contributed by atoms with Gasteiger partial charge in [0.2, 0.25) is 0 Å². The van der Waals surface area contributed by atoms with Gasteiger partial charge in [0.05, 0.1) is 0 Å². The third-order valence-electron chi connectivity index (χ3n) is 11.5. The van der Waals surface area contributed by atoms with Crippen molar-refractivity contribution >= 4 is 17.9 Å². The third kappa shape index (κ3) is 50.0. The molecule has 1 atom stereocenters. The molecule has 0 bridgehead atoms. The Hall–Kier alpha value is -2.89. The number of carbonyl (C=O) groups is 3. The molecular weight excluding hydrogens is 781 g/mol. The summed E-state index contributed by atoms with van der Waals surface area (Å²) in [5.41, 5.74) is 0. The van der Waals surface area contributed by atoms with Crippen LogP contribution in [0.25, 0.3) is 0 Å². The molecule has 63 heavy (non-hydrogen) atoms. The maximum absolute atomic E-state index is 12.8. The van der Waals surface area contributed by atoms with Gasteiger partial charge in [-0.2, -0.15) is 0 Å². The predicted octanol–water partition coefficient (Wildman–Crippen LogP) is 17.6. The van der Waals surface area contributed by atoms with E-state index >= 15 is 0 Å². The van der Waals surface area contributed by atoms with Crippen molar-refractivity contribution in [2.45, 2.75) is 271 Å². The molecule has 0 aliphatic heterocycles. The van der Waals surface area contributed by atoms with Crippen molar-refractivity contribution in [3.05, 3.63) is 60.8 Å². The molecule has 0 radical (unpaired) electrons. The normalized spacial score (nSPS) is 12.5. The fourth-order valence-corrected chi connectivity index (χ4v) is 7.38. The van der Waals surface area contributed by atoms with Crippen molar-refractivity contribution in [3.8, 4) is 0 Å². The van der Waals surface area contributed by atoms with Crippen LogP contribution in [0, 0.1) is 0 Å². The van der Waals surface area contributed by atoms with E-state index in [2.05, 4.69) is 81.5 Å². The molecule has 364 valence electrons. The van der Waals surface area contributed by atoms with Gasteiger partial charge in [-0.05, 0) is 109 Å². The second-order valence-corrected chi connectivity index (χ2v) is 17.8. The number of hydrogen-bond acceptors (Lipinski definition) is 6. The third-order valence-corrected chi connectivity index (χ3v) is 11.5. The molecule has 0 heterocycles. The molecule has 0 saturated carbocycles. The van der Waals surface area contributed by atoms with Crippen LogP contribution in [0.3, 0.4) is 0 Å². The van der Waals surface area contributed by atoms with E-state index in [1.165, 1.54) is 122 Å². The monoisotopic (exact) mass is 881 g/mol. The van der Waals surface area contributed by atoms with Crippen molar-refractivity contribution in [1.29, 1.82) is 0 Å². The summed E-state index contributed by atoms with van der Waals surface area (Å²) < 4.78 is 16.8. The van der Waals surface area contributed by atoms with Gasteiger partial charge in [0.15, 0.2) is 6.10 Å². The molecule has 0 aliphatic rings. The highest BCUT2D eigenvalue weighted by molar-refractivity contribution is 5.71. The molecule has 6 heteroatoms. The smallest absolute Gasteiger partial charge is 0.306 e. The summed E-state index contributed by atoms with van der Waals surface area (Å²) in [5.74, 6) is -0.922. The minimum Gasteiger partial charge on any atom is -0.462 e. The first-order valence-electron chi connectivity index (χ1n) is 26.8. The highest BCUT2D eigenvalue weighted by atomic mass is 16.6. The Kier molecular flexibility index (Phi) is 49.4. The van der Waals surface area contributed by atoms with Gasteiger partial charge in [0, 0.05) is 19.3 Å². The van der Waals surface area contributed by atoms with Crippen LogP contribution >= 0.6 is 0 Å². The summed E-state index contributed by atoms with van der Waals surface area (Å²) >= 11 is 0. The Bertz CT molecular complexity index is 1150. The molecule has 0 aromatic rings. The van der Waals surface area contributed by atoms with Gasteiger partial charge in [0.1, 0.15) is 13.2 Å². The zero-order valence-electron chi connectivity index (χ0n) is 41.6. The maximum atomic E-state index is 12.8. The van der Waals surface area contributed by atoms with Crippen molar-refractivity contribution in [3.63, 3.8) is 0 Å². The first-order chi connectivity index (χ1) is 31.0. The Balaban J connectivity index is 4.43. The lowest BCUT2D eigenvalue weighted by atomic mass is 10.1. The second kappa shape index (κ2) is 51.7. The largest absolute Gasteiger partial charge is 0.462 e. The van der Waals surface area contributed by atoms with Gasteiger partial charge in [-0.25, -0.2) is 0 Å². The molecule has 0 N–H and O–H groups in total. The molecule has 0 saturated heterocycles. The van der Waals surface area contributed by atoms with Crippen LogP contribution in [0.15, 0.2) is 60.8 Å². The van der Waals surface area contributed by atoms with Crippen LogP contribution in [0.4, 0.5) is 0 Å². The standard InChI is InChI=1S/C57H100O6/c1-4-7-10-13-16-19-22-25-27-28-30-33-35-38-41-44-47-50-56(59)62-53-54(63-57(60)51-48-45-42-39-36-31-24-21-18-15-12-9-6-3)52-61-55(58)49-46-43-40-37-34-32-29-26-23-20-17-14-11-8-5-2/h16,19,21,24-27,29-30,33,54H,4-15,17-18,20,22-23,28,31-32,34-53H2,1-3H3/b19-16-,24-21-,27-25-,29-26-,33-30-/t54-/m0/s1. The first kappa shape index (κ1) is 60.1. The number of carbonyl (C=O) groups excluding carboxylic acids is 3. The summed E-state index contributed by atoms with van der Waals surface area (Å²) in [4.78, 5) is 38.0. The van der Waals surface area contributed by atoms with Gasteiger partial charge in [0.25, 0.3) is 0 Å². The van der Waals surface area contributed by atoms with E-state index in [4.69, 9.17) is 14.2 Å². The zero-order valence-corrected chi connectivity index (χ0v) is 41.6. The highest BCUT2D eigenvalue weighted by Crippen LogP contribution is 2.14. The molecular formula is C57H100O6. The lowest BCUT2D eigenvalue weighted by Gasteiger charge is -2.18. The van der Waals surface area contributed by atoms with Crippen LogP contribution < -0.4 is 0 Å². The lowest BCUT2D eigenvalue weighted by Crippen LogP contribution is -2.30. The number of allylic oxidation sites excluding steroid dienone is 10. The minimum atomic E-state index is -0.790. The topological polar surface area (TPSA) is 78.9 Å². The summed E-state index contributed by atoms with van der Waals surface area (Å²) in [5, 5.41) is 0. The number of rotatable bonds is 48. The molecule has 0 unspecified atom stereocenters. The lowest BCUT2D eigenvalue weighted by molar-refractivity contribution is -0.167. The van der Waals surface area contributed by atoms with Crippen LogP contribution in [-0.2, 0) is 28.6 Å². The van der Waals surface area contributed by atoms with Gasteiger partial charge in [-0.15, -0.1) is 0 Å². The zero-order chi connectivity index (χ0) is 45.8. The molecule has 0 fully saturated rings. The van der Waals surface area contributed by atoms with E-state index in [9.17, 15) is 14.4 Å². The van der Waals surface area contributed by atoms with Crippen molar-refractivity contribution in [1.82, 2.24) is 0 Å². The Morgan fingerprint density at radius 1 is 0.317 bits per heavy atom. The second-order valence-electron chi connectivity index (χ2n) is 17.8. The van der Waals surface area contributed by atoms with Gasteiger partial charge >= 0.3 is 17.9 Å². The molecule has 0 aromatic carbocycles. The number of unbranched alkanes of at least 4 members (excludes halogenated alkanes) is 27. The number of esters is 3. The van der Waals surface area contributed by atoms with Gasteiger partial charge in [-0.1, -0.05) is 197 Å². The van der Waals surface area contributed by atoms with Crippen molar-refractivity contribution in [2.24, 2.45) is 0 Å². The van der Waals surface area contributed by atoms with Crippen LogP contribution in [0.2, 0.25) is 0 Å². The SMILES string of the molecule is CCCCC/C=C\C/C=C\C/C=C\CCCCCCC(=O)OC[C@H](COC(=O)CCCCCCC/C=C\CCCCCCCC)OC(=O)CCCCCCC/C=C\CCCCCC. The van der Waals surface area contributed by atoms with Crippen LogP contribution in [0.5, 0.6) is 0 Å². The van der Waals surface area contributed by atoms with Gasteiger partial charge < -0.3 is 14.2 Å². The van der Waals surface area contributed by atoms with Gasteiger partial charge in [-0.3, -0.25) is 14.4 Å². The summed E-state index contributed by atoms with van der Waals surface area (Å²) in [7, 11) is 0. The van der Waals surface area contributed by atoms with Crippen molar-refractivity contribution < 1.29 is 28.6 Å².